The molecule has 1 fully saturated rings. The molecule has 1 aliphatic heterocycles. The fourth-order valence-corrected chi connectivity index (χ4v) is 2.06. The maximum atomic E-state index is 12.1. The molecule has 0 aromatic carbocycles. The second kappa shape index (κ2) is 5.00. The van der Waals surface area contributed by atoms with Crippen molar-refractivity contribution in [2.45, 2.75) is 31.8 Å². The lowest BCUT2D eigenvalue weighted by Crippen LogP contribution is -2.56. The van der Waals surface area contributed by atoms with Crippen LogP contribution in [-0.4, -0.2) is 45.4 Å². The van der Waals surface area contributed by atoms with Crippen molar-refractivity contribution in [2.75, 3.05) is 13.1 Å². The van der Waals surface area contributed by atoms with E-state index in [1.165, 1.54) is 6.20 Å². The summed E-state index contributed by atoms with van der Waals surface area (Å²) in [6.07, 6.45) is 3.46. The minimum atomic E-state index is -1.21. The van der Waals surface area contributed by atoms with Gasteiger partial charge in [0.15, 0.2) is 5.54 Å². The van der Waals surface area contributed by atoms with Crippen LogP contribution in [0, 0.1) is 0 Å². The van der Waals surface area contributed by atoms with Crippen molar-refractivity contribution < 1.29 is 14.7 Å². The third-order valence-corrected chi connectivity index (χ3v) is 3.31. The largest absolute Gasteiger partial charge is 0.479 e. The van der Waals surface area contributed by atoms with Gasteiger partial charge in [0.2, 0.25) is 0 Å². The molecule has 2 rings (SSSR count). The highest BCUT2D eigenvalue weighted by molar-refractivity contribution is 5.97. The number of nitrogens with one attached hydrogen (secondary N) is 2. The van der Waals surface area contributed by atoms with Crippen LogP contribution in [0.1, 0.15) is 36.7 Å². The average molecular weight is 266 g/mol. The summed E-state index contributed by atoms with van der Waals surface area (Å²) in [6, 6.07) is 0.156. The van der Waals surface area contributed by atoms with Gasteiger partial charge in [0.25, 0.3) is 5.91 Å². The maximum absolute atomic E-state index is 12.1. The molecule has 1 atom stereocenters. The molecule has 1 aliphatic rings. The van der Waals surface area contributed by atoms with Gasteiger partial charge in [-0.05, 0) is 26.8 Å². The molecular weight excluding hydrogens is 248 g/mol. The maximum Gasteiger partial charge on any atom is 0.330 e. The molecule has 0 radical (unpaired) electrons. The van der Waals surface area contributed by atoms with Crippen LogP contribution < -0.4 is 10.6 Å². The number of aromatic nitrogens is 2. The number of hydrogen-bond donors (Lipinski definition) is 3. The monoisotopic (exact) mass is 266 g/mol. The van der Waals surface area contributed by atoms with E-state index in [0.717, 1.165) is 0 Å². The molecule has 2 heterocycles. The highest BCUT2D eigenvalue weighted by Crippen LogP contribution is 2.16. The van der Waals surface area contributed by atoms with Gasteiger partial charge in [0.1, 0.15) is 0 Å². The standard InChI is InChI=1S/C12H18N4O3/c1-8(2)16-6-9(5-14-16)10(17)15-12(11(18)19)3-4-13-7-12/h5-6,8,13H,3-4,7H2,1-2H3,(H,15,17)(H,18,19). The van der Waals surface area contributed by atoms with Crippen molar-refractivity contribution in [3.05, 3.63) is 18.0 Å². The summed E-state index contributed by atoms with van der Waals surface area (Å²) >= 11 is 0. The first-order chi connectivity index (χ1) is 8.94. The number of nitrogens with zero attached hydrogens (tertiary/aromatic N) is 2. The Morgan fingerprint density at radius 3 is 2.79 bits per heavy atom. The van der Waals surface area contributed by atoms with Crippen molar-refractivity contribution in [3.8, 4) is 0 Å². The number of aliphatic carboxylic acids is 1. The summed E-state index contributed by atoms with van der Waals surface area (Å²) in [5.74, 6) is -1.42. The second-order valence-corrected chi connectivity index (χ2v) is 5.07. The molecule has 3 N–H and O–H groups in total. The molecule has 0 bridgehead atoms. The van der Waals surface area contributed by atoms with E-state index in [1.54, 1.807) is 10.9 Å². The Bertz CT molecular complexity index is 489. The smallest absolute Gasteiger partial charge is 0.330 e. The summed E-state index contributed by atoms with van der Waals surface area (Å²) in [5, 5.41) is 18.9. The van der Waals surface area contributed by atoms with Crippen molar-refractivity contribution >= 4 is 11.9 Å². The number of amides is 1. The minimum absolute atomic E-state index is 0.156. The van der Waals surface area contributed by atoms with Crippen LogP contribution in [0.3, 0.4) is 0 Å². The van der Waals surface area contributed by atoms with Gasteiger partial charge in [0, 0.05) is 18.8 Å². The predicted molar refractivity (Wildman–Crippen MR) is 67.9 cm³/mol. The summed E-state index contributed by atoms with van der Waals surface area (Å²) < 4.78 is 1.66. The fourth-order valence-electron chi connectivity index (χ4n) is 2.06. The third-order valence-electron chi connectivity index (χ3n) is 3.31. The lowest BCUT2D eigenvalue weighted by Gasteiger charge is -2.24. The van der Waals surface area contributed by atoms with Gasteiger partial charge in [-0.1, -0.05) is 0 Å². The Labute approximate surface area is 111 Å². The molecule has 0 aliphatic carbocycles. The summed E-state index contributed by atoms with van der Waals surface area (Å²) in [7, 11) is 0. The van der Waals surface area contributed by atoms with Gasteiger partial charge in [-0.2, -0.15) is 5.10 Å². The first-order valence-electron chi connectivity index (χ1n) is 6.25. The molecule has 1 amide bonds. The molecule has 1 unspecified atom stereocenters. The first-order valence-corrected chi connectivity index (χ1v) is 6.25. The molecule has 19 heavy (non-hydrogen) atoms. The molecule has 0 spiro atoms. The van der Waals surface area contributed by atoms with Crippen LogP contribution in [0.15, 0.2) is 12.4 Å². The minimum Gasteiger partial charge on any atom is -0.479 e. The number of carbonyl (C=O) groups excluding carboxylic acids is 1. The lowest BCUT2D eigenvalue weighted by atomic mass is 9.98. The molecule has 7 nitrogen and oxygen atoms in total. The van der Waals surface area contributed by atoms with Crippen molar-refractivity contribution in [2.24, 2.45) is 0 Å². The van der Waals surface area contributed by atoms with E-state index < -0.39 is 17.4 Å². The zero-order valence-corrected chi connectivity index (χ0v) is 11.0. The quantitative estimate of drug-likeness (QED) is 0.713. The number of hydrogen-bond acceptors (Lipinski definition) is 4. The van der Waals surface area contributed by atoms with Gasteiger partial charge in [0.05, 0.1) is 11.8 Å². The zero-order valence-electron chi connectivity index (χ0n) is 11.0. The van der Waals surface area contributed by atoms with E-state index in [4.69, 9.17) is 0 Å². The van der Waals surface area contributed by atoms with Crippen LogP contribution >= 0.6 is 0 Å². The Balaban J connectivity index is 2.13. The number of rotatable bonds is 4. The van der Waals surface area contributed by atoms with Gasteiger partial charge in [-0.25, -0.2) is 4.79 Å². The first kappa shape index (κ1) is 13.5. The zero-order chi connectivity index (χ0) is 14.0. The molecule has 104 valence electrons. The molecule has 1 aromatic heterocycles. The topological polar surface area (TPSA) is 96.2 Å². The molecule has 1 aromatic rings. The predicted octanol–water partition coefficient (Wildman–Crippen LogP) is 0.0105. The fraction of sp³-hybridized carbons (Fsp3) is 0.583. The van der Waals surface area contributed by atoms with Gasteiger partial charge < -0.3 is 15.7 Å². The van der Waals surface area contributed by atoms with Crippen LogP contribution in [0.4, 0.5) is 0 Å². The SMILES string of the molecule is CC(C)n1cc(C(=O)NC2(C(=O)O)CCNC2)cn1. The van der Waals surface area contributed by atoms with E-state index >= 15 is 0 Å². The van der Waals surface area contributed by atoms with Gasteiger partial charge in [-0.15, -0.1) is 0 Å². The number of carboxylic acid groups (broad SMARTS) is 1. The van der Waals surface area contributed by atoms with E-state index in [0.29, 0.717) is 18.5 Å². The van der Waals surface area contributed by atoms with Crippen LogP contribution in [0.2, 0.25) is 0 Å². The van der Waals surface area contributed by atoms with Crippen molar-refractivity contribution in [1.29, 1.82) is 0 Å². The van der Waals surface area contributed by atoms with E-state index in [2.05, 4.69) is 15.7 Å². The highest BCUT2D eigenvalue weighted by atomic mass is 16.4. The van der Waals surface area contributed by atoms with Crippen LogP contribution in [0.25, 0.3) is 0 Å². The van der Waals surface area contributed by atoms with E-state index in [1.807, 2.05) is 13.8 Å². The average Bonchev–Trinajstić information content (AvgIpc) is 2.97. The highest BCUT2D eigenvalue weighted by Gasteiger charge is 2.43. The van der Waals surface area contributed by atoms with E-state index in [9.17, 15) is 14.7 Å². The Morgan fingerprint density at radius 2 is 2.32 bits per heavy atom. The Morgan fingerprint density at radius 1 is 1.58 bits per heavy atom. The van der Waals surface area contributed by atoms with Crippen molar-refractivity contribution in [3.63, 3.8) is 0 Å². The summed E-state index contributed by atoms with van der Waals surface area (Å²) in [4.78, 5) is 23.4. The summed E-state index contributed by atoms with van der Waals surface area (Å²) in [6.45, 7) is 4.73. The summed E-state index contributed by atoms with van der Waals surface area (Å²) in [5.41, 5.74) is -0.835. The third kappa shape index (κ3) is 2.60. The van der Waals surface area contributed by atoms with Crippen LogP contribution in [-0.2, 0) is 4.79 Å². The number of carbonyl (C=O) groups is 2. The molecule has 1 saturated heterocycles. The van der Waals surface area contributed by atoms with Crippen LogP contribution in [0.5, 0.6) is 0 Å². The normalized spacial score (nSPS) is 22.7. The number of carboxylic acids is 1. The Kier molecular flexibility index (Phi) is 3.57. The van der Waals surface area contributed by atoms with Crippen molar-refractivity contribution in [1.82, 2.24) is 20.4 Å². The second-order valence-electron chi connectivity index (χ2n) is 5.07. The van der Waals surface area contributed by atoms with Gasteiger partial charge in [-0.3, -0.25) is 9.48 Å². The lowest BCUT2D eigenvalue weighted by molar-refractivity contribution is -0.143. The molecule has 0 saturated carbocycles. The van der Waals surface area contributed by atoms with E-state index in [-0.39, 0.29) is 12.6 Å². The molecular formula is C12H18N4O3. The Hall–Kier alpha value is -1.89. The van der Waals surface area contributed by atoms with Gasteiger partial charge >= 0.3 is 5.97 Å². The molecule has 7 heteroatoms.